The van der Waals surface area contributed by atoms with Gasteiger partial charge < -0.3 is 14.4 Å². The van der Waals surface area contributed by atoms with Crippen LogP contribution < -0.4 is 4.90 Å². The number of aryl methyl sites for hydroxylation is 1. The fourth-order valence-corrected chi connectivity index (χ4v) is 5.04. The Morgan fingerprint density at radius 3 is 2.17 bits per heavy atom. The number of nitrogens with zero attached hydrogens (tertiary/aromatic N) is 2. The van der Waals surface area contributed by atoms with Gasteiger partial charge in [0, 0.05) is 31.9 Å². The second-order valence-corrected chi connectivity index (χ2v) is 8.83. The first kappa shape index (κ1) is 21.8. The number of carbonyl (C=O) groups is 2. The van der Waals surface area contributed by atoms with Gasteiger partial charge in [-0.3, -0.25) is 0 Å². The van der Waals surface area contributed by atoms with E-state index < -0.39 is 22.0 Å². The number of carbonyl (C=O) groups excluding carboxylic acids is 2. The third kappa shape index (κ3) is 4.31. The normalized spacial score (nSPS) is 15.0. The van der Waals surface area contributed by atoms with Gasteiger partial charge in [0.1, 0.15) is 0 Å². The minimum absolute atomic E-state index is 0.0436. The summed E-state index contributed by atoms with van der Waals surface area (Å²) in [5, 5.41) is 0. The molecule has 0 N–H and O–H groups in total. The summed E-state index contributed by atoms with van der Waals surface area (Å²) in [6, 6.07) is 11.8. The molecule has 1 saturated heterocycles. The van der Waals surface area contributed by atoms with Crippen LogP contribution in [-0.4, -0.2) is 65.1 Å². The summed E-state index contributed by atoms with van der Waals surface area (Å²) in [5.74, 6) is -1.48. The average Bonchev–Trinajstić information content (AvgIpc) is 2.77. The van der Waals surface area contributed by atoms with Crippen LogP contribution in [0.3, 0.4) is 0 Å². The van der Waals surface area contributed by atoms with Crippen molar-refractivity contribution in [2.75, 3.05) is 45.3 Å². The lowest BCUT2D eigenvalue weighted by molar-refractivity contribution is 0.0583. The lowest BCUT2D eigenvalue weighted by atomic mass is 10.1. The van der Waals surface area contributed by atoms with Crippen LogP contribution >= 0.6 is 0 Å². The molecule has 160 valence electrons. The number of esters is 2. The number of benzene rings is 2. The maximum atomic E-state index is 13.3. The Balaban J connectivity index is 1.89. The fraction of sp³-hybridized carbons (Fsp3) is 0.333. The van der Waals surface area contributed by atoms with Gasteiger partial charge in [0.2, 0.25) is 10.0 Å². The number of rotatable bonds is 5. The van der Waals surface area contributed by atoms with Gasteiger partial charge in [0.15, 0.2) is 0 Å². The fourth-order valence-electron chi connectivity index (χ4n) is 3.41. The predicted molar refractivity (Wildman–Crippen MR) is 111 cm³/mol. The standard InChI is InChI=1S/C21H24N2O6S/c1-15-5-4-6-17(13-15)22-9-11-23(12-10-22)30(26,27)19-14-16(20(24)28-2)7-8-18(19)21(25)29-3/h4-8,13-14H,9-12H2,1-3H3. The molecule has 0 aromatic heterocycles. The van der Waals surface area contributed by atoms with Crippen molar-refractivity contribution >= 4 is 27.6 Å². The highest BCUT2D eigenvalue weighted by Gasteiger charge is 2.33. The molecule has 0 amide bonds. The smallest absolute Gasteiger partial charge is 0.339 e. The topological polar surface area (TPSA) is 93.2 Å². The van der Waals surface area contributed by atoms with Gasteiger partial charge in [-0.25, -0.2) is 18.0 Å². The van der Waals surface area contributed by atoms with E-state index in [0.29, 0.717) is 13.1 Å². The molecule has 2 aromatic carbocycles. The van der Waals surface area contributed by atoms with Crippen molar-refractivity contribution < 1.29 is 27.5 Å². The van der Waals surface area contributed by atoms with E-state index in [1.165, 1.54) is 36.7 Å². The van der Waals surface area contributed by atoms with Crippen molar-refractivity contribution in [3.05, 3.63) is 59.2 Å². The molecule has 0 radical (unpaired) electrons. The number of anilines is 1. The molecule has 1 fully saturated rings. The van der Waals surface area contributed by atoms with E-state index in [1.54, 1.807) is 0 Å². The zero-order chi connectivity index (χ0) is 21.9. The van der Waals surface area contributed by atoms with E-state index in [9.17, 15) is 18.0 Å². The molecule has 9 heteroatoms. The van der Waals surface area contributed by atoms with Crippen molar-refractivity contribution in [1.82, 2.24) is 4.31 Å². The molecule has 0 aliphatic carbocycles. The Labute approximate surface area is 176 Å². The monoisotopic (exact) mass is 432 g/mol. The van der Waals surface area contributed by atoms with Gasteiger partial charge >= 0.3 is 11.9 Å². The summed E-state index contributed by atoms with van der Waals surface area (Å²) in [7, 11) is -1.65. The maximum absolute atomic E-state index is 13.3. The highest BCUT2D eigenvalue weighted by Crippen LogP contribution is 2.26. The Morgan fingerprint density at radius 1 is 0.900 bits per heavy atom. The van der Waals surface area contributed by atoms with Crippen molar-refractivity contribution in [3.63, 3.8) is 0 Å². The molecule has 0 atom stereocenters. The Morgan fingerprint density at radius 2 is 1.57 bits per heavy atom. The van der Waals surface area contributed by atoms with Crippen LogP contribution in [0.1, 0.15) is 26.3 Å². The molecular weight excluding hydrogens is 408 g/mol. The van der Waals surface area contributed by atoms with Crippen LogP contribution in [0.4, 0.5) is 5.69 Å². The van der Waals surface area contributed by atoms with Gasteiger partial charge in [-0.15, -0.1) is 0 Å². The van der Waals surface area contributed by atoms with E-state index in [-0.39, 0.29) is 29.1 Å². The second kappa shape index (κ2) is 8.85. The minimum atomic E-state index is -4.03. The SMILES string of the molecule is COC(=O)c1ccc(C(=O)OC)c(S(=O)(=O)N2CCN(c3cccc(C)c3)CC2)c1. The van der Waals surface area contributed by atoms with Crippen molar-refractivity contribution in [2.45, 2.75) is 11.8 Å². The molecule has 1 aliphatic rings. The molecule has 0 spiro atoms. The van der Waals surface area contributed by atoms with Crippen molar-refractivity contribution in [3.8, 4) is 0 Å². The molecule has 1 aliphatic heterocycles. The van der Waals surface area contributed by atoms with Gasteiger partial charge in [-0.1, -0.05) is 12.1 Å². The first-order chi connectivity index (χ1) is 14.3. The highest BCUT2D eigenvalue weighted by atomic mass is 32.2. The number of hydrogen-bond donors (Lipinski definition) is 0. The average molecular weight is 432 g/mol. The van der Waals surface area contributed by atoms with Gasteiger partial charge in [-0.2, -0.15) is 4.31 Å². The van der Waals surface area contributed by atoms with Crippen LogP contribution in [-0.2, 0) is 19.5 Å². The number of ether oxygens (including phenoxy) is 2. The van der Waals surface area contributed by atoms with E-state index in [4.69, 9.17) is 4.74 Å². The molecular formula is C21H24N2O6S. The molecule has 3 rings (SSSR count). The number of methoxy groups -OCH3 is 2. The van der Waals surface area contributed by atoms with Gasteiger partial charge in [0.25, 0.3) is 0 Å². The Hall–Kier alpha value is -2.91. The Kier molecular flexibility index (Phi) is 6.42. The maximum Gasteiger partial charge on any atom is 0.339 e. The quantitative estimate of drug-likeness (QED) is 0.668. The number of sulfonamides is 1. The molecule has 8 nitrogen and oxygen atoms in total. The van der Waals surface area contributed by atoms with Crippen LogP contribution in [0.5, 0.6) is 0 Å². The van der Waals surface area contributed by atoms with Crippen molar-refractivity contribution in [1.29, 1.82) is 0 Å². The summed E-state index contributed by atoms with van der Waals surface area (Å²) < 4.78 is 37.4. The van der Waals surface area contributed by atoms with Crippen LogP contribution in [0.2, 0.25) is 0 Å². The zero-order valence-corrected chi connectivity index (χ0v) is 17.9. The van der Waals surface area contributed by atoms with Crippen LogP contribution in [0.25, 0.3) is 0 Å². The first-order valence-corrected chi connectivity index (χ1v) is 10.8. The largest absolute Gasteiger partial charge is 0.465 e. The summed E-state index contributed by atoms with van der Waals surface area (Å²) in [6.45, 7) is 3.52. The second-order valence-electron chi connectivity index (χ2n) is 6.92. The van der Waals surface area contributed by atoms with Crippen molar-refractivity contribution in [2.24, 2.45) is 0 Å². The van der Waals surface area contributed by atoms with Crippen LogP contribution in [0.15, 0.2) is 47.4 Å². The lowest BCUT2D eigenvalue weighted by Crippen LogP contribution is -2.49. The van der Waals surface area contributed by atoms with E-state index in [0.717, 1.165) is 11.3 Å². The van der Waals surface area contributed by atoms with E-state index in [1.807, 2.05) is 25.1 Å². The van der Waals surface area contributed by atoms with Gasteiger partial charge in [-0.05, 0) is 42.8 Å². The summed E-state index contributed by atoms with van der Waals surface area (Å²) in [5.41, 5.74) is 2.09. The van der Waals surface area contributed by atoms with Gasteiger partial charge in [0.05, 0.1) is 30.2 Å². The Bertz CT molecular complexity index is 1060. The zero-order valence-electron chi connectivity index (χ0n) is 17.1. The third-order valence-corrected chi connectivity index (χ3v) is 6.97. The summed E-state index contributed by atoms with van der Waals surface area (Å²) >= 11 is 0. The molecule has 0 unspecified atom stereocenters. The molecule has 2 aromatic rings. The molecule has 1 heterocycles. The minimum Gasteiger partial charge on any atom is -0.465 e. The predicted octanol–water partition coefficient (Wildman–Crippen LogP) is 2.08. The number of piperazine rings is 1. The first-order valence-electron chi connectivity index (χ1n) is 9.40. The summed E-state index contributed by atoms with van der Waals surface area (Å²) in [4.78, 5) is 25.9. The van der Waals surface area contributed by atoms with Crippen LogP contribution in [0, 0.1) is 6.92 Å². The van der Waals surface area contributed by atoms with E-state index in [2.05, 4.69) is 15.7 Å². The highest BCUT2D eigenvalue weighted by molar-refractivity contribution is 7.89. The molecule has 0 bridgehead atoms. The molecule has 30 heavy (non-hydrogen) atoms. The lowest BCUT2D eigenvalue weighted by Gasteiger charge is -2.35. The summed E-state index contributed by atoms with van der Waals surface area (Å²) in [6.07, 6.45) is 0. The molecule has 0 saturated carbocycles. The van der Waals surface area contributed by atoms with E-state index >= 15 is 0 Å². The number of hydrogen-bond acceptors (Lipinski definition) is 7. The third-order valence-electron chi connectivity index (χ3n) is 5.03.